The molecule has 0 aliphatic heterocycles. The van der Waals surface area contributed by atoms with Crippen molar-refractivity contribution >= 4 is 118 Å². The van der Waals surface area contributed by atoms with Crippen molar-refractivity contribution in [1.82, 2.24) is 0 Å². The fourth-order valence-electron chi connectivity index (χ4n) is 19.0. The molecule has 0 amide bonds. The first-order valence-electron chi connectivity index (χ1n) is 36.9. The maximum Gasteiger partial charge on any atom is 0.0355 e. The Morgan fingerprint density at radius 2 is 0.467 bits per heavy atom. The highest BCUT2D eigenvalue weighted by Gasteiger charge is 2.40. The van der Waals surface area contributed by atoms with E-state index in [9.17, 15) is 0 Å². The first-order valence-corrected chi connectivity index (χ1v) is 37.7. The van der Waals surface area contributed by atoms with Crippen molar-refractivity contribution in [3.05, 3.63) is 374 Å². The molecular formula is C104H70S. The number of rotatable bonds is 6. The summed E-state index contributed by atoms with van der Waals surface area (Å²) in [4.78, 5) is 0. The number of fused-ring (bicyclic) bond motifs is 20. The Kier molecular flexibility index (Phi) is 13.7. The van der Waals surface area contributed by atoms with Crippen molar-refractivity contribution in [2.24, 2.45) is 0 Å². The second-order valence-corrected chi connectivity index (χ2v) is 31.1. The van der Waals surface area contributed by atoms with Gasteiger partial charge in [0.05, 0.1) is 0 Å². The van der Waals surface area contributed by atoms with E-state index in [4.69, 9.17) is 0 Å². The van der Waals surface area contributed by atoms with Gasteiger partial charge in [0.15, 0.2) is 0 Å². The third-order valence-electron chi connectivity index (χ3n) is 23.7. The van der Waals surface area contributed by atoms with Crippen LogP contribution in [0.25, 0.3) is 195 Å². The summed E-state index contributed by atoms with van der Waals surface area (Å²) in [5, 5.41) is 23.3. The predicted octanol–water partition coefficient (Wildman–Crippen LogP) is 29.6. The Morgan fingerprint density at radius 1 is 0.181 bits per heavy atom. The lowest BCUT2D eigenvalue weighted by Crippen LogP contribution is -2.16. The minimum atomic E-state index is -0.110. The van der Waals surface area contributed by atoms with Gasteiger partial charge in [-0.15, -0.1) is 11.3 Å². The second-order valence-electron chi connectivity index (χ2n) is 30.0. The number of benzene rings is 19. The van der Waals surface area contributed by atoms with E-state index in [-0.39, 0.29) is 10.8 Å². The fourth-order valence-corrected chi connectivity index (χ4v) is 20.0. The maximum absolute atomic E-state index is 2.41. The van der Waals surface area contributed by atoms with Crippen molar-refractivity contribution in [3.63, 3.8) is 0 Å². The Morgan fingerprint density at radius 3 is 0.905 bits per heavy atom. The van der Waals surface area contributed by atoms with Crippen LogP contribution in [-0.2, 0) is 10.8 Å². The molecule has 19 aromatic carbocycles. The zero-order valence-electron chi connectivity index (χ0n) is 58.9. The normalized spacial score (nSPS) is 13.3. The van der Waals surface area contributed by atoms with Crippen LogP contribution in [-0.4, -0.2) is 0 Å². The molecule has 0 nitrogen and oxygen atoms in total. The molecule has 0 radical (unpaired) electrons. The van der Waals surface area contributed by atoms with Crippen molar-refractivity contribution < 1.29 is 0 Å². The van der Waals surface area contributed by atoms with Gasteiger partial charge in [0.2, 0.25) is 0 Å². The molecule has 1 heterocycles. The van der Waals surface area contributed by atoms with E-state index < -0.39 is 0 Å². The van der Waals surface area contributed by atoms with Crippen molar-refractivity contribution in [3.8, 4) is 89.0 Å². The van der Waals surface area contributed by atoms with E-state index in [1.165, 1.54) is 218 Å². The summed E-state index contributed by atoms with van der Waals surface area (Å²) in [5.41, 5.74) is 26.2. The van der Waals surface area contributed by atoms with E-state index >= 15 is 0 Å². The zero-order chi connectivity index (χ0) is 69.8. The molecule has 22 rings (SSSR count). The van der Waals surface area contributed by atoms with Gasteiger partial charge >= 0.3 is 0 Å². The summed E-state index contributed by atoms with van der Waals surface area (Å²) in [6.45, 7) is 9.57. The van der Waals surface area contributed by atoms with E-state index in [0.29, 0.717) is 0 Å². The lowest BCUT2D eigenvalue weighted by molar-refractivity contribution is 0.662. The van der Waals surface area contributed by atoms with Crippen LogP contribution in [0.3, 0.4) is 0 Å². The molecule has 1 aromatic heterocycles. The molecule has 20 aromatic rings. The van der Waals surface area contributed by atoms with Gasteiger partial charge in [-0.3, -0.25) is 0 Å². The van der Waals surface area contributed by atoms with Crippen molar-refractivity contribution in [2.45, 2.75) is 38.5 Å². The van der Waals surface area contributed by atoms with Crippen LogP contribution in [0.15, 0.2) is 352 Å². The average molecular weight is 1350 g/mol. The molecule has 0 fully saturated rings. The van der Waals surface area contributed by atoms with Gasteiger partial charge in [0, 0.05) is 31.0 Å². The average Bonchev–Trinajstić information content (AvgIpc) is 1.60. The molecule has 492 valence electrons. The van der Waals surface area contributed by atoms with Gasteiger partial charge in [-0.2, -0.15) is 0 Å². The van der Waals surface area contributed by atoms with Gasteiger partial charge in [-0.25, -0.2) is 0 Å². The Hall–Kier alpha value is -12.5. The van der Waals surface area contributed by atoms with Crippen LogP contribution >= 0.6 is 11.3 Å². The topological polar surface area (TPSA) is 0 Å². The zero-order valence-corrected chi connectivity index (χ0v) is 59.7. The summed E-state index contributed by atoms with van der Waals surface area (Å²) in [6, 6.07) is 131. The van der Waals surface area contributed by atoms with Gasteiger partial charge in [0.1, 0.15) is 0 Å². The van der Waals surface area contributed by atoms with Crippen LogP contribution in [0.4, 0.5) is 0 Å². The van der Waals surface area contributed by atoms with Crippen LogP contribution in [0, 0.1) is 0 Å². The molecule has 105 heavy (non-hydrogen) atoms. The molecule has 1 heteroatoms. The van der Waals surface area contributed by atoms with E-state index in [1.54, 1.807) is 0 Å². The number of thiophene rings is 1. The molecule has 2 aliphatic carbocycles. The molecule has 2 aliphatic rings. The van der Waals surface area contributed by atoms with Gasteiger partial charge in [0.25, 0.3) is 0 Å². The van der Waals surface area contributed by atoms with E-state index in [2.05, 4.69) is 380 Å². The molecule has 0 spiro atoms. The lowest BCUT2D eigenvalue weighted by atomic mass is 9.78. The molecule has 0 atom stereocenters. The molecule has 0 bridgehead atoms. The van der Waals surface area contributed by atoms with Crippen LogP contribution in [0.1, 0.15) is 49.9 Å². The predicted molar refractivity (Wildman–Crippen MR) is 454 cm³/mol. The number of hydrogen-bond donors (Lipinski definition) is 0. The first kappa shape index (κ1) is 61.2. The first-order chi connectivity index (χ1) is 51.6. The minimum absolute atomic E-state index is 0.107. The second kappa shape index (κ2) is 23.5. The Bertz CT molecular complexity index is 6940. The van der Waals surface area contributed by atoms with Crippen molar-refractivity contribution in [2.75, 3.05) is 0 Å². The largest absolute Gasteiger partial charge is 0.135 e. The van der Waals surface area contributed by atoms with Crippen molar-refractivity contribution in [1.29, 1.82) is 0 Å². The highest BCUT2D eigenvalue weighted by molar-refractivity contribution is 7.25. The van der Waals surface area contributed by atoms with Crippen LogP contribution in [0.5, 0.6) is 0 Å². The summed E-state index contributed by atoms with van der Waals surface area (Å²) in [6.07, 6.45) is 0. The Balaban J connectivity index is 0.000000135. The maximum atomic E-state index is 2.41. The third kappa shape index (κ3) is 9.31. The van der Waals surface area contributed by atoms with E-state index in [1.807, 2.05) is 11.3 Å². The fraction of sp³-hybridized carbons (Fsp3) is 0.0577. The lowest BCUT2D eigenvalue weighted by Gasteiger charge is -2.25. The smallest absolute Gasteiger partial charge is 0.0355 e. The molecular weight excluding hydrogens is 1280 g/mol. The van der Waals surface area contributed by atoms with Gasteiger partial charge < -0.3 is 0 Å². The quantitative estimate of drug-likeness (QED) is 0.115. The van der Waals surface area contributed by atoms with Gasteiger partial charge in [-0.1, -0.05) is 355 Å². The summed E-state index contributed by atoms with van der Waals surface area (Å²) in [5.74, 6) is 0. The van der Waals surface area contributed by atoms with Crippen LogP contribution in [0.2, 0.25) is 0 Å². The molecule has 0 N–H and O–H groups in total. The third-order valence-corrected chi connectivity index (χ3v) is 24.8. The summed E-state index contributed by atoms with van der Waals surface area (Å²) >= 11 is 1.88. The van der Waals surface area contributed by atoms with Crippen LogP contribution < -0.4 is 0 Å². The highest BCUT2D eigenvalue weighted by atomic mass is 32.1. The molecule has 0 saturated carbocycles. The minimum Gasteiger partial charge on any atom is -0.135 e. The summed E-state index contributed by atoms with van der Waals surface area (Å²) in [7, 11) is 0. The summed E-state index contributed by atoms with van der Waals surface area (Å²) < 4.78 is 2.67. The molecule has 0 unspecified atom stereocenters. The highest BCUT2D eigenvalue weighted by Crippen LogP contribution is 2.57. The van der Waals surface area contributed by atoms with Gasteiger partial charge in [-0.05, 0) is 222 Å². The SMILES string of the molecule is CC1(C)c2ccc3ccccc3c2-c2cccc(-c3ccc(-c4c5ccccc5c(-c5ccc6ccc7ccccc7c6c5)c5ccccc45)cc3)c21.CC1(C)c2ccc3ccccc3c2-c2cccc(-c3ccc(-c4c5ccccc5c(-c5ccc6sc7ccccc7c6c5)c5ccccc45)cc3)c21. The number of hydrogen-bond acceptors (Lipinski definition) is 1. The van der Waals surface area contributed by atoms with E-state index in [0.717, 1.165) is 0 Å². The molecule has 0 saturated heterocycles. The Labute approximate surface area is 615 Å². The monoisotopic (exact) mass is 1350 g/mol. The standard InChI is InChI=1S/C53H36.C51H34S/c1-53(2)48-31-30-34-13-4-6-15-40(34)51(48)46-21-11-20-41(52(46)53)35-24-27-37(28-25-35)49-42-16-7-9-18-44(42)50(45-19-10-8-17-43(45)49)38-29-26-36-23-22-33-12-3-5-14-39(33)47(36)32-38;1-51(2)44-28-26-31-12-3-4-13-35(31)49(44)42-20-11-19-36(50(42)51)32-22-24-33(25-23-32)47-38-15-5-7-17-40(38)48(41-18-8-6-16-39(41)47)34-27-29-46-43(30-34)37-14-9-10-21-45(37)52-46/h3-32H,1-2H3;3-30H,1-2H3.